The summed E-state index contributed by atoms with van der Waals surface area (Å²) in [6.45, 7) is 5.28. The number of carbonyl (C=O) groups is 2. The number of aryl methyl sites for hydroxylation is 1. The molecule has 10 rings (SSSR count). The van der Waals surface area contributed by atoms with E-state index in [1.807, 2.05) is 27.0 Å². The maximum Gasteiger partial charge on any atom is 0.331 e. The van der Waals surface area contributed by atoms with Crippen molar-refractivity contribution >= 4 is 23.7 Å². The number of methoxy groups -OCH3 is 2. The molecule has 3 aromatic rings. The van der Waals surface area contributed by atoms with Crippen molar-refractivity contribution in [3.05, 3.63) is 62.7 Å². The molecule has 288 valence electrons. The molecule has 7 aliphatic heterocycles. The molecular formula is C40H42N4O10S. The molecule has 7 atom stereocenters. The van der Waals surface area contributed by atoms with Crippen LogP contribution in [0.1, 0.15) is 68.8 Å². The van der Waals surface area contributed by atoms with Crippen molar-refractivity contribution in [1.29, 1.82) is 5.26 Å². The van der Waals surface area contributed by atoms with Crippen molar-refractivity contribution in [2.45, 2.75) is 74.6 Å². The van der Waals surface area contributed by atoms with Gasteiger partial charge in [-0.05, 0) is 68.1 Å². The van der Waals surface area contributed by atoms with E-state index in [0.29, 0.717) is 70.2 Å². The Morgan fingerprint density at radius 3 is 2.56 bits per heavy atom. The minimum atomic E-state index is -1.36. The van der Waals surface area contributed by atoms with Crippen molar-refractivity contribution in [2.24, 2.45) is 0 Å². The van der Waals surface area contributed by atoms with Crippen LogP contribution in [-0.2, 0) is 32.7 Å². The quantitative estimate of drug-likeness (QED) is 0.258. The van der Waals surface area contributed by atoms with E-state index in [2.05, 4.69) is 21.2 Å². The van der Waals surface area contributed by atoms with E-state index in [-0.39, 0.29) is 42.4 Å². The van der Waals surface area contributed by atoms with Gasteiger partial charge in [0.25, 0.3) is 0 Å². The van der Waals surface area contributed by atoms with E-state index in [4.69, 9.17) is 28.4 Å². The van der Waals surface area contributed by atoms with Crippen LogP contribution in [0.4, 0.5) is 0 Å². The lowest BCUT2D eigenvalue weighted by Gasteiger charge is -2.62. The molecule has 2 fully saturated rings. The van der Waals surface area contributed by atoms with Crippen molar-refractivity contribution in [3.8, 4) is 46.3 Å². The van der Waals surface area contributed by atoms with Gasteiger partial charge < -0.3 is 38.6 Å². The molecule has 0 amide bonds. The third kappa shape index (κ3) is 4.90. The third-order valence-corrected chi connectivity index (χ3v) is 13.9. The molecule has 55 heavy (non-hydrogen) atoms. The normalized spacial score (nSPS) is 28.9. The van der Waals surface area contributed by atoms with Gasteiger partial charge in [0.2, 0.25) is 6.79 Å². The van der Waals surface area contributed by atoms with Gasteiger partial charge in [0, 0.05) is 53.6 Å². The van der Waals surface area contributed by atoms with Crippen LogP contribution in [0.2, 0.25) is 0 Å². The van der Waals surface area contributed by atoms with Gasteiger partial charge in [0.05, 0.1) is 37.6 Å². The first-order valence-electron chi connectivity index (χ1n) is 18.3. The zero-order valence-electron chi connectivity index (χ0n) is 31.3. The highest BCUT2D eigenvalue weighted by atomic mass is 32.2. The molecule has 3 N–H and O–H groups in total. The van der Waals surface area contributed by atoms with Gasteiger partial charge in [-0.3, -0.25) is 19.9 Å². The predicted molar refractivity (Wildman–Crippen MR) is 198 cm³/mol. The van der Waals surface area contributed by atoms with Crippen LogP contribution in [0.5, 0.6) is 40.2 Å². The van der Waals surface area contributed by atoms with E-state index >= 15 is 0 Å². The fourth-order valence-electron chi connectivity index (χ4n) is 10.2. The number of hydrogen-bond acceptors (Lipinski definition) is 15. The van der Waals surface area contributed by atoms with E-state index in [1.165, 1.54) is 32.9 Å². The second-order valence-electron chi connectivity index (χ2n) is 15.1. The van der Waals surface area contributed by atoms with Crippen LogP contribution in [0.3, 0.4) is 0 Å². The van der Waals surface area contributed by atoms with Crippen LogP contribution < -0.4 is 29.0 Å². The fourth-order valence-corrected chi connectivity index (χ4v) is 11.9. The number of carbonyl (C=O) groups excluding carboxylic acids is 2. The van der Waals surface area contributed by atoms with Crippen LogP contribution in [0, 0.1) is 25.2 Å². The van der Waals surface area contributed by atoms with Gasteiger partial charge in [0.15, 0.2) is 40.0 Å². The van der Waals surface area contributed by atoms with E-state index in [1.54, 1.807) is 12.1 Å². The monoisotopic (exact) mass is 770 g/mol. The maximum atomic E-state index is 14.7. The number of likely N-dealkylation sites (N-methyl/N-ethyl adjacent to an activating group) is 1. The summed E-state index contributed by atoms with van der Waals surface area (Å²) in [7, 11) is 4.99. The van der Waals surface area contributed by atoms with Gasteiger partial charge in [-0.25, -0.2) is 4.79 Å². The average Bonchev–Trinajstić information content (AvgIpc) is 3.65. The number of hydrogen-bond donors (Lipinski definition) is 3. The number of nitrogens with one attached hydrogen (secondary N) is 1. The van der Waals surface area contributed by atoms with Crippen molar-refractivity contribution in [3.63, 3.8) is 0 Å². The largest absolute Gasteiger partial charge is 0.504 e. The summed E-state index contributed by atoms with van der Waals surface area (Å²) in [6, 6.07) is 5.28. The Labute approximate surface area is 322 Å². The highest BCUT2D eigenvalue weighted by molar-refractivity contribution is 7.99. The number of piperazine rings is 1. The van der Waals surface area contributed by atoms with Crippen LogP contribution in [0.25, 0.3) is 0 Å². The Hall–Kier alpha value is -4.88. The van der Waals surface area contributed by atoms with Gasteiger partial charge in [-0.2, -0.15) is 5.26 Å². The SMILES string of the molecule is COc1cc2c(cc1O)CCN[C@]21CS[C@@H]2c3c(OC(C)=O)c(C)c4c(c3[C@H](COC1=O)N1[C@@H]2[C@H]2c3c(cc(C)c(OC)c3O)C[C@@H]([C@@H]1C#N)N2C)OCO4. The maximum absolute atomic E-state index is 14.7. The van der Waals surface area contributed by atoms with Gasteiger partial charge in [0.1, 0.15) is 18.4 Å². The lowest BCUT2D eigenvalue weighted by Crippen LogP contribution is -2.69. The van der Waals surface area contributed by atoms with Crippen molar-refractivity contribution in [2.75, 3.05) is 47.0 Å². The Bertz CT molecular complexity index is 2220. The molecule has 7 aliphatic rings. The van der Waals surface area contributed by atoms with Crippen LogP contribution >= 0.6 is 11.8 Å². The smallest absolute Gasteiger partial charge is 0.331 e. The molecule has 4 bridgehead atoms. The van der Waals surface area contributed by atoms with E-state index < -0.39 is 46.9 Å². The summed E-state index contributed by atoms with van der Waals surface area (Å²) in [5, 5.41) is 36.9. The highest BCUT2D eigenvalue weighted by Gasteiger charge is 2.62. The fraction of sp³-hybridized carbons (Fsp3) is 0.475. The predicted octanol–water partition coefficient (Wildman–Crippen LogP) is 3.99. The number of phenols is 2. The Kier molecular flexibility index (Phi) is 8.36. The Balaban J connectivity index is 1.33. The molecule has 0 aromatic heterocycles. The third-order valence-electron chi connectivity index (χ3n) is 12.4. The number of nitrogens with zero attached hydrogens (tertiary/aromatic N) is 3. The molecule has 0 saturated carbocycles. The zero-order valence-corrected chi connectivity index (χ0v) is 32.2. The molecule has 7 heterocycles. The summed E-state index contributed by atoms with van der Waals surface area (Å²) < 4.78 is 36.1. The molecule has 3 aromatic carbocycles. The second-order valence-corrected chi connectivity index (χ2v) is 16.2. The number of benzene rings is 3. The zero-order chi connectivity index (χ0) is 38.7. The summed E-state index contributed by atoms with van der Waals surface area (Å²) in [5.41, 5.74) is 4.41. The van der Waals surface area contributed by atoms with E-state index in [9.17, 15) is 25.1 Å². The van der Waals surface area contributed by atoms with Crippen LogP contribution in [0.15, 0.2) is 18.2 Å². The molecule has 0 radical (unpaired) electrons. The first kappa shape index (κ1) is 35.8. The topological polar surface area (TPSA) is 172 Å². The molecular weight excluding hydrogens is 729 g/mol. The minimum Gasteiger partial charge on any atom is -0.504 e. The standard InChI is InChI=1S/C40H42N4O10S/c1-17-9-21-10-23-24(13-41)44-25-14-51-39(48)40(22-12-27(49-5)26(46)11-20(22)7-8-42-40)15-55-38(32(44)31(43(23)4)28(21)33(47)34(17)50-6)30-29(25)37-36(52-16-53-37)18(2)35(30)54-19(3)45/h9,11-12,23-25,31-32,38,42,46-47H,7-8,10,14-16H2,1-6H3/t23-,24-,25-,31+,32+,38+,40+/m0/s1. The summed E-state index contributed by atoms with van der Waals surface area (Å²) in [4.78, 5) is 32.0. The lowest BCUT2D eigenvalue weighted by atomic mass is 9.71. The van der Waals surface area contributed by atoms with Gasteiger partial charge >= 0.3 is 11.9 Å². The van der Waals surface area contributed by atoms with Crippen molar-refractivity contribution < 1.29 is 48.2 Å². The van der Waals surface area contributed by atoms with Gasteiger partial charge in [-0.15, -0.1) is 11.8 Å². The number of esters is 2. The number of fused-ring (bicyclic) bond motifs is 9. The second kappa shape index (κ2) is 12.8. The number of phenolic OH excluding ortho intramolecular Hbond substituents is 2. The highest BCUT2D eigenvalue weighted by Crippen LogP contribution is 2.64. The van der Waals surface area contributed by atoms with E-state index in [0.717, 1.165) is 16.7 Å². The Morgan fingerprint density at radius 1 is 1.05 bits per heavy atom. The summed E-state index contributed by atoms with van der Waals surface area (Å²) >= 11 is 1.48. The molecule has 0 unspecified atom stereocenters. The minimum absolute atomic E-state index is 0.0239. The Morgan fingerprint density at radius 2 is 1.84 bits per heavy atom. The average molecular weight is 771 g/mol. The van der Waals surface area contributed by atoms with Crippen molar-refractivity contribution in [1.82, 2.24) is 15.1 Å². The molecule has 1 spiro atoms. The lowest BCUT2D eigenvalue weighted by molar-refractivity contribution is -0.157. The number of thioether (sulfide) groups is 1. The number of nitriles is 1. The summed E-state index contributed by atoms with van der Waals surface area (Å²) in [6.07, 6.45) is 1.05. The molecule has 0 aliphatic carbocycles. The summed E-state index contributed by atoms with van der Waals surface area (Å²) in [5.74, 6) is 0.973. The number of aromatic hydroxyl groups is 2. The van der Waals surface area contributed by atoms with Gasteiger partial charge in [-0.1, -0.05) is 6.07 Å². The molecule has 15 heteroatoms. The number of rotatable bonds is 3. The molecule has 2 saturated heterocycles. The van der Waals surface area contributed by atoms with Crippen LogP contribution in [-0.4, -0.2) is 97.0 Å². The number of ether oxygens (including phenoxy) is 6. The molecule has 14 nitrogen and oxygen atoms in total. The first-order chi connectivity index (χ1) is 26.4. The first-order valence-corrected chi connectivity index (χ1v) is 19.4.